The molecule has 2 heterocycles. The van der Waals surface area contributed by atoms with Crippen LogP contribution in [0.3, 0.4) is 0 Å². The molecule has 2 aromatic carbocycles. The SMILES string of the molecule is Cc1cccc(C)c1NC(=O)Cn1cnc2sc(-c3ccccc3)cc2c1=O. The van der Waals surface area contributed by atoms with Gasteiger partial charge in [-0.3, -0.25) is 14.2 Å². The summed E-state index contributed by atoms with van der Waals surface area (Å²) in [5.74, 6) is -0.251. The smallest absolute Gasteiger partial charge is 0.262 e. The zero-order chi connectivity index (χ0) is 19.7. The standard InChI is InChI=1S/C22H19N3O2S/c1-14-7-6-8-15(2)20(14)24-19(26)12-25-13-23-21-17(22(25)27)11-18(28-21)16-9-4-3-5-10-16/h3-11,13H,12H2,1-2H3,(H,24,26). The number of para-hydroxylation sites is 1. The number of nitrogens with zero attached hydrogens (tertiary/aromatic N) is 2. The lowest BCUT2D eigenvalue weighted by Crippen LogP contribution is -2.28. The minimum Gasteiger partial charge on any atom is -0.324 e. The molecule has 0 spiro atoms. The number of carbonyl (C=O) groups excluding carboxylic acids is 1. The van der Waals surface area contributed by atoms with Gasteiger partial charge in [0.05, 0.1) is 11.7 Å². The molecule has 0 bridgehead atoms. The first-order valence-corrected chi connectivity index (χ1v) is 9.75. The molecule has 0 atom stereocenters. The van der Waals surface area contributed by atoms with Gasteiger partial charge in [0.2, 0.25) is 5.91 Å². The van der Waals surface area contributed by atoms with Crippen molar-refractivity contribution < 1.29 is 4.79 Å². The summed E-state index contributed by atoms with van der Waals surface area (Å²) in [7, 11) is 0. The van der Waals surface area contributed by atoms with Crippen LogP contribution in [0, 0.1) is 13.8 Å². The highest BCUT2D eigenvalue weighted by Gasteiger charge is 2.13. The van der Waals surface area contributed by atoms with Crippen molar-refractivity contribution in [1.82, 2.24) is 9.55 Å². The minimum absolute atomic E-state index is 0.0773. The van der Waals surface area contributed by atoms with Crippen LogP contribution in [0.4, 0.5) is 5.69 Å². The average Bonchev–Trinajstić information content (AvgIpc) is 3.13. The largest absolute Gasteiger partial charge is 0.324 e. The van der Waals surface area contributed by atoms with Crippen LogP contribution in [0.25, 0.3) is 20.7 Å². The maximum atomic E-state index is 12.8. The molecule has 0 fully saturated rings. The summed E-state index contributed by atoms with van der Waals surface area (Å²) in [4.78, 5) is 31.4. The van der Waals surface area contributed by atoms with Crippen molar-refractivity contribution in [3.05, 3.63) is 82.4 Å². The maximum absolute atomic E-state index is 12.8. The number of amides is 1. The molecular formula is C22H19N3O2S. The molecule has 2 aromatic heterocycles. The molecule has 4 aromatic rings. The van der Waals surface area contributed by atoms with Crippen molar-refractivity contribution in [2.75, 3.05) is 5.32 Å². The summed E-state index contributed by atoms with van der Waals surface area (Å²) >= 11 is 1.47. The van der Waals surface area contributed by atoms with E-state index in [0.717, 1.165) is 27.3 Å². The van der Waals surface area contributed by atoms with Gasteiger partial charge in [-0.2, -0.15) is 0 Å². The summed E-state index contributed by atoms with van der Waals surface area (Å²) in [6, 6.07) is 17.6. The third kappa shape index (κ3) is 3.46. The molecule has 5 nitrogen and oxygen atoms in total. The molecule has 1 amide bonds. The molecule has 28 heavy (non-hydrogen) atoms. The first-order chi connectivity index (χ1) is 13.5. The number of aromatic nitrogens is 2. The number of nitrogens with one attached hydrogen (secondary N) is 1. The minimum atomic E-state index is -0.251. The fourth-order valence-electron chi connectivity index (χ4n) is 3.16. The van der Waals surface area contributed by atoms with Crippen LogP contribution >= 0.6 is 11.3 Å². The van der Waals surface area contributed by atoms with Gasteiger partial charge in [0.15, 0.2) is 0 Å². The van der Waals surface area contributed by atoms with E-state index in [0.29, 0.717) is 10.2 Å². The lowest BCUT2D eigenvalue weighted by atomic mass is 10.1. The van der Waals surface area contributed by atoms with Crippen LogP contribution in [0.15, 0.2) is 65.7 Å². The van der Waals surface area contributed by atoms with E-state index in [1.54, 1.807) is 0 Å². The topological polar surface area (TPSA) is 64.0 Å². The van der Waals surface area contributed by atoms with Crippen LogP contribution in [0.5, 0.6) is 0 Å². The molecule has 0 aliphatic carbocycles. The van der Waals surface area contributed by atoms with Crippen molar-refractivity contribution >= 4 is 33.1 Å². The monoisotopic (exact) mass is 389 g/mol. The van der Waals surface area contributed by atoms with Gasteiger partial charge in [-0.1, -0.05) is 48.5 Å². The van der Waals surface area contributed by atoms with Crippen molar-refractivity contribution in [3.8, 4) is 10.4 Å². The Morgan fingerprint density at radius 1 is 1.07 bits per heavy atom. The number of aryl methyl sites for hydroxylation is 2. The summed E-state index contributed by atoms with van der Waals surface area (Å²) in [6.45, 7) is 3.81. The maximum Gasteiger partial charge on any atom is 0.262 e. The molecule has 0 saturated carbocycles. The number of fused-ring (bicyclic) bond motifs is 1. The van der Waals surface area contributed by atoms with Gasteiger partial charge in [0.25, 0.3) is 5.56 Å². The van der Waals surface area contributed by atoms with E-state index in [1.165, 1.54) is 22.2 Å². The van der Waals surface area contributed by atoms with Gasteiger partial charge in [-0.15, -0.1) is 11.3 Å². The highest BCUT2D eigenvalue weighted by atomic mass is 32.1. The number of thiophene rings is 1. The normalized spacial score (nSPS) is 10.9. The Bertz CT molecular complexity index is 1210. The van der Waals surface area contributed by atoms with E-state index >= 15 is 0 Å². The highest BCUT2D eigenvalue weighted by molar-refractivity contribution is 7.21. The third-order valence-electron chi connectivity index (χ3n) is 4.64. The average molecular weight is 389 g/mol. The number of anilines is 1. The van der Waals surface area contributed by atoms with Gasteiger partial charge >= 0.3 is 0 Å². The molecule has 0 aliphatic heterocycles. The van der Waals surface area contributed by atoms with E-state index in [1.807, 2.05) is 68.4 Å². The molecule has 0 aliphatic rings. The molecule has 0 unspecified atom stereocenters. The van der Waals surface area contributed by atoms with Gasteiger partial charge in [0, 0.05) is 10.6 Å². The molecule has 1 N–H and O–H groups in total. The number of rotatable bonds is 4. The quantitative estimate of drug-likeness (QED) is 0.563. The molecule has 0 radical (unpaired) electrons. The Balaban J connectivity index is 1.62. The number of hydrogen-bond acceptors (Lipinski definition) is 4. The summed E-state index contributed by atoms with van der Waals surface area (Å²) in [5.41, 5.74) is 3.60. The number of carbonyl (C=O) groups is 1. The Kier molecular flexibility index (Phi) is 4.79. The summed E-state index contributed by atoms with van der Waals surface area (Å²) in [5, 5.41) is 3.44. The van der Waals surface area contributed by atoms with Crippen molar-refractivity contribution in [2.24, 2.45) is 0 Å². The van der Waals surface area contributed by atoms with E-state index in [9.17, 15) is 9.59 Å². The van der Waals surface area contributed by atoms with Gasteiger partial charge in [-0.25, -0.2) is 4.98 Å². The third-order valence-corrected chi connectivity index (χ3v) is 5.73. The molecule has 4 rings (SSSR count). The van der Waals surface area contributed by atoms with Crippen molar-refractivity contribution in [1.29, 1.82) is 0 Å². The second-order valence-corrected chi connectivity index (χ2v) is 7.72. The summed E-state index contributed by atoms with van der Waals surface area (Å²) in [6.07, 6.45) is 1.44. The molecule has 6 heteroatoms. The van der Waals surface area contributed by atoms with Crippen molar-refractivity contribution in [3.63, 3.8) is 0 Å². The van der Waals surface area contributed by atoms with Gasteiger partial charge in [-0.05, 0) is 36.6 Å². The fraction of sp³-hybridized carbons (Fsp3) is 0.136. The van der Waals surface area contributed by atoms with Crippen LogP contribution in [0.1, 0.15) is 11.1 Å². The Labute approximate surface area is 166 Å². The van der Waals surface area contributed by atoms with Crippen LogP contribution in [-0.4, -0.2) is 15.5 Å². The molecule has 140 valence electrons. The van der Waals surface area contributed by atoms with E-state index < -0.39 is 0 Å². The number of benzene rings is 2. The highest BCUT2D eigenvalue weighted by Crippen LogP contribution is 2.30. The zero-order valence-corrected chi connectivity index (χ0v) is 16.4. The lowest BCUT2D eigenvalue weighted by molar-refractivity contribution is -0.116. The Morgan fingerprint density at radius 3 is 2.50 bits per heavy atom. The summed E-state index contributed by atoms with van der Waals surface area (Å²) < 4.78 is 1.35. The predicted octanol–water partition coefficient (Wildman–Crippen LogP) is 4.38. The predicted molar refractivity (Wildman–Crippen MR) is 114 cm³/mol. The van der Waals surface area contributed by atoms with E-state index in [4.69, 9.17) is 0 Å². The Hall–Kier alpha value is -3.25. The van der Waals surface area contributed by atoms with Crippen LogP contribution in [0.2, 0.25) is 0 Å². The van der Waals surface area contributed by atoms with Crippen LogP contribution in [-0.2, 0) is 11.3 Å². The fourth-order valence-corrected chi connectivity index (χ4v) is 4.16. The van der Waals surface area contributed by atoms with Crippen molar-refractivity contribution in [2.45, 2.75) is 20.4 Å². The van der Waals surface area contributed by atoms with E-state index in [-0.39, 0.29) is 18.0 Å². The van der Waals surface area contributed by atoms with E-state index in [2.05, 4.69) is 10.3 Å². The number of hydrogen-bond donors (Lipinski definition) is 1. The molecule has 0 saturated heterocycles. The lowest BCUT2D eigenvalue weighted by Gasteiger charge is -2.12. The van der Waals surface area contributed by atoms with Gasteiger partial charge < -0.3 is 5.32 Å². The first-order valence-electron chi connectivity index (χ1n) is 8.93. The molecular weight excluding hydrogens is 370 g/mol. The Morgan fingerprint density at radius 2 is 1.79 bits per heavy atom. The first kappa shape index (κ1) is 18.1. The van der Waals surface area contributed by atoms with Crippen LogP contribution < -0.4 is 10.9 Å². The zero-order valence-electron chi connectivity index (χ0n) is 15.6. The van der Waals surface area contributed by atoms with Gasteiger partial charge in [0.1, 0.15) is 11.4 Å². The second-order valence-electron chi connectivity index (χ2n) is 6.69. The second kappa shape index (κ2) is 7.40.